The molecule has 0 fully saturated rings. The average Bonchev–Trinajstić information content (AvgIpc) is 2.58. The van der Waals surface area contributed by atoms with Gasteiger partial charge in [0, 0.05) is 12.2 Å². The largest absolute Gasteiger partial charge is 0.356 e. The Morgan fingerprint density at radius 2 is 1.69 bits per heavy atom. The number of benzene rings is 2. The molecule has 2 aromatic carbocycles. The van der Waals surface area contributed by atoms with Crippen LogP contribution in [0.15, 0.2) is 48.5 Å². The lowest BCUT2D eigenvalue weighted by Gasteiger charge is -2.14. The minimum Gasteiger partial charge on any atom is -0.356 e. The topological polar surface area (TPSA) is 75.3 Å². The predicted molar refractivity (Wildman–Crippen MR) is 101 cm³/mol. The van der Waals surface area contributed by atoms with E-state index in [2.05, 4.69) is 10.0 Å². The van der Waals surface area contributed by atoms with Gasteiger partial charge in [0.25, 0.3) is 0 Å². The lowest BCUT2D eigenvalue weighted by Crippen LogP contribution is -2.35. The second-order valence-corrected chi connectivity index (χ2v) is 8.08. The van der Waals surface area contributed by atoms with Gasteiger partial charge in [0.15, 0.2) is 0 Å². The molecule has 0 aliphatic carbocycles. The number of anilines is 1. The minimum absolute atomic E-state index is 0.302. The van der Waals surface area contributed by atoms with Crippen molar-refractivity contribution in [1.29, 1.82) is 0 Å². The van der Waals surface area contributed by atoms with Crippen molar-refractivity contribution < 1.29 is 17.6 Å². The summed E-state index contributed by atoms with van der Waals surface area (Å²) < 4.78 is 39.7. The molecular formula is C19H23FN2O3S. The molecule has 7 heteroatoms. The van der Waals surface area contributed by atoms with E-state index in [-0.39, 0.29) is 17.5 Å². The lowest BCUT2D eigenvalue weighted by atomic mass is 10.1. The SMILES string of the molecule is Cc1ccc(NS(=O)(=O)CC(C)C(=O)NCCc2ccc(F)cc2)cc1. The van der Waals surface area contributed by atoms with Crippen LogP contribution in [-0.2, 0) is 21.2 Å². The van der Waals surface area contributed by atoms with E-state index in [1.807, 2.05) is 19.1 Å². The summed E-state index contributed by atoms with van der Waals surface area (Å²) in [6, 6.07) is 13.0. The molecule has 0 bridgehead atoms. The Morgan fingerprint density at radius 3 is 2.31 bits per heavy atom. The normalized spacial score (nSPS) is 12.4. The molecule has 2 N–H and O–H groups in total. The monoisotopic (exact) mass is 378 g/mol. The number of rotatable bonds is 8. The lowest BCUT2D eigenvalue weighted by molar-refractivity contribution is -0.123. The zero-order chi connectivity index (χ0) is 19.2. The molecule has 1 amide bonds. The number of carbonyl (C=O) groups is 1. The molecule has 1 atom stereocenters. The van der Waals surface area contributed by atoms with Gasteiger partial charge < -0.3 is 5.32 Å². The van der Waals surface area contributed by atoms with Crippen LogP contribution in [0.2, 0.25) is 0 Å². The summed E-state index contributed by atoms with van der Waals surface area (Å²) in [4.78, 5) is 12.1. The third kappa shape index (κ3) is 6.48. The van der Waals surface area contributed by atoms with Crippen LogP contribution in [0.4, 0.5) is 10.1 Å². The molecule has 5 nitrogen and oxygen atoms in total. The van der Waals surface area contributed by atoms with Gasteiger partial charge in [-0.15, -0.1) is 0 Å². The van der Waals surface area contributed by atoms with Crippen LogP contribution in [0.5, 0.6) is 0 Å². The van der Waals surface area contributed by atoms with Gasteiger partial charge in [0.1, 0.15) is 5.82 Å². The number of aryl methyl sites for hydroxylation is 1. The molecule has 140 valence electrons. The molecule has 1 unspecified atom stereocenters. The van der Waals surface area contributed by atoms with Gasteiger partial charge in [-0.25, -0.2) is 12.8 Å². The zero-order valence-corrected chi connectivity index (χ0v) is 15.6. The van der Waals surface area contributed by atoms with Crippen LogP contribution in [0.25, 0.3) is 0 Å². The number of hydrogen-bond acceptors (Lipinski definition) is 3. The number of amides is 1. The number of nitrogens with one attached hydrogen (secondary N) is 2. The number of carbonyl (C=O) groups excluding carboxylic acids is 1. The summed E-state index contributed by atoms with van der Waals surface area (Å²) in [6.07, 6.45) is 0.549. The van der Waals surface area contributed by atoms with Crippen molar-refractivity contribution in [2.75, 3.05) is 17.0 Å². The van der Waals surface area contributed by atoms with Crippen LogP contribution in [0, 0.1) is 18.7 Å². The van der Waals surface area contributed by atoms with E-state index in [1.54, 1.807) is 31.2 Å². The van der Waals surface area contributed by atoms with E-state index in [1.165, 1.54) is 12.1 Å². The van der Waals surface area contributed by atoms with Crippen molar-refractivity contribution in [3.63, 3.8) is 0 Å². The van der Waals surface area contributed by atoms with Crippen LogP contribution in [0.1, 0.15) is 18.1 Å². The van der Waals surface area contributed by atoms with E-state index < -0.39 is 15.9 Å². The first-order valence-corrected chi connectivity index (χ1v) is 10.00. The van der Waals surface area contributed by atoms with Crippen LogP contribution < -0.4 is 10.0 Å². The second-order valence-electron chi connectivity index (χ2n) is 6.32. The molecular weight excluding hydrogens is 355 g/mol. The van der Waals surface area contributed by atoms with Gasteiger partial charge in [-0.2, -0.15) is 0 Å². The molecule has 0 spiro atoms. The van der Waals surface area contributed by atoms with Gasteiger partial charge in [0.2, 0.25) is 15.9 Å². The van der Waals surface area contributed by atoms with Crippen molar-refractivity contribution in [2.45, 2.75) is 20.3 Å². The van der Waals surface area contributed by atoms with Crippen molar-refractivity contribution in [1.82, 2.24) is 5.32 Å². The molecule has 2 rings (SSSR count). The summed E-state index contributed by atoms with van der Waals surface area (Å²) in [5.74, 6) is -1.63. The van der Waals surface area contributed by atoms with Crippen molar-refractivity contribution >= 4 is 21.6 Å². The van der Waals surface area contributed by atoms with Gasteiger partial charge in [-0.05, 0) is 43.2 Å². The highest BCUT2D eigenvalue weighted by molar-refractivity contribution is 7.92. The van der Waals surface area contributed by atoms with Gasteiger partial charge >= 0.3 is 0 Å². The quantitative estimate of drug-likeness (QED) is 0.742. The summed E-state index contributed by atoms with van der Waals surface area (Å²) >= 11 is 0. The van der Waals surface area contributed by atoms with Crippen molar-refractivity contribution in [3.05, 3.63) is 65.5 Å². The molecule has 0 aliphatic rings. The third-order valence-electron chi connectivity index (χ3n) is 3.87. The van der Waals surface area contributed by atoms with Crippen LogP contribution in [-0.4, -0.2) is 26.6 Å². The Morgan fingerprint density at radius 1 is 1.08 bits per heavy atom. The van der Waals surface area contributed by atoms with Crippen molar-refractivity contribution in [2.24, 2.45) is 5.92 Å². The molecule has 0 radical (unpaired) electrons. The summed E-state index contributed by atoms with van der Waals surface area (Å²) in [5, 5.41) is 2.71. The average molecular weight is 378 g/mol. The summed E-state index contributed by atoms with van der Waals surface area (Å²) in [5.41, 5.74) is 2.40. The van der Waals surface area contributed by atoms with Crippen LogP contribution in [0.3, 0.4) is 0 Å². The Kier molecular flexibility index (Phi) is 6.74. The summed E-state index contributed by atoms with van der Waals surface area (Å²) in [7, 11) is -3.63. The molecule has 0 saturated carbocycles. The second kappa shape index (κ2) is 8.80. The Bertz CT molecular complexity index is 834. The molecule has 26 heavy (non-hydrogen) atoms. The highest BCUT2D eigenvalue weighted by atomic mass is 32.2. The van der Waals surface area contributed by atoms with Gasteiger partial charge in [-0.3, -0.25) is 9.52 Å². The van der Waals surface area contributed by atoms with Gasteiger partial charge in [0.05, 0.1) is 11.7 Å². The maximum atomic E-state index is 12.8. The molecule has 0 heterocycles. The molecule has 0 saturated heterocycles. The maximum Gasteiger partial charge on any atom is 0.233 e. The van der Waals surface area contributed by atoms with E-state index in [0.717, 1.165) is 11.1 Å². The van der Waals surface area contributed by atoms with Gasteiger partial charge in [-0.1, -0.05) is 36.8 Å². The molecule has 0 aliphatic heterocycles. The number of sulfonamides is 1. The first-order valence-electron chi connectivity index (χ1n) is 8.34. The number of hydrogen-bond donors (Lipinski definition) is 2. The standard InChI is InChI=1S/C19H23FN2O3S/c1-14-3-9-18(10-4-14)22-26(24,25)13-15(2)19(23)21-12-11-16-5-7-17(20)8-6-16/h3-10,15,22H,11-13H2,1-2H3,(H,21,23). The van der Waals surface area contributed by atoms with E-state index >= 15 is 0 Å². The smallest absolute Gasteiger partial charge is 0.233 e. The number of halogens is 1. The van der Waals surface area contributed by atoms with E-state index in [9.17, 15) is 17.6 Å². The minimum atomic E-state index is -3.63. The van der Waals surface area contributed by atoms with E-state index in [0.29, 0.717) is 18.7 Å². The molecule has 2 aromatic rings. The highest BCUT2D eigenvalue weighted by Crippen LogP contribution is 2.12. The van der Waals surface area contributed by atoms with E-state index in [4.69, 9.17) is 0 Å². The van der Waals surface area contributed by atoms with Crippen molar-refractivity contribution in [3.8, 4) is 0 Å². The highest BCUT2D eigenvalue weighted by Gasteiger charge is 2.21. The summed E-state index contributed by atoms with van der Waals surface area (Å²) in [6.45, 7) is 3.85. The first-order chi connectivity index (χ1) is 12.2. The van der Waals surface area contributed by atoms with Crippen LogP contribution >= 0.6 is 0 Å². The molecule has 0 aromatic heterocycles. The Balaban J connectivity index is 1.81. The predicted octanol–water partition coefficient (Wildman–Crippen LogP) is 2.87. The Hall–Kier alpha value is -2.41. The fourth-order valence-electron chi connectivity index (χ4n) is 2.40. The first kappa shape index (κ1) is 19.9. The fraction of sp³-hybridized carbons (Fsp3) is 0.316. The third-order valence-corrected chi connectivity index (χ3v) is 5.35. The fourth-order valence-corrected chi connectivity index (χ4v) is 3.79. The Labute approximate surface area is 153 Å². The maximum absolute atomic E-state index is 12.8. The zero-order valence-electron chi connectivity index (χ0n) is 14.8.